The number of piperazine rings is 1. The lowest BCUT2D eigenvalue weighted by atomic mass is 10.0. The van der Waals surface area contributed by atoms with Crippen molar-refractivity contribution in [3.05, 3.63) is 70.7 Å². The average molecular weight is 648 g/mol. The van der Waals surface area contributed by atoms with Crippen LogP contribution in [0.1, 0.15) is 18.2 Å². The molecule has 6 rings (SSSR count). The zero-order chi connectivity index (χ0) is 32.5. The van der Waals surface area contributed by atoms with E-state index >= 15 is 0 Å². The molecule has 0 unspecified atom stereocenters. The molecule has 46 heavy (non-hydrogen) atoms. The number of hydrogen-bond donors (Lipinski definition) is 0. The van der Waals surface area contributed by atoms with Crippen LogP contribution in [0.2, 0.25) is 5.02 Å². The lowest BCUT2D eigenvalue weighted by Crippen LogP contribution is -2.59. The number of rotatable bonds is 9. The van der Waals surface area contributed by atoms with E-state index < -0.39 is 17.8 Å². The highest BCUT2D eigenvalue weighted by molar-refractivity contribution is 6.36. The summed E-state index contributed by atoms with van der Waals surface area (Å²) in [5.41, 5.74) is 2.78. The molecule has 13 heteroatoms. The number of anilines is 2. The highest BCUT2D eigenvalue weighted by Crippen LogP contribution is 2.37. The second-order valence-electron chi connectivity index (χ2n) is 12.5. The van der Waals surface area contributed by atoms with Crippen molar-refractivity contribution in [2.24, 2.45) is 0 Å². The molecule has 242 valence electrons. The number of ether oxygens (including phenoxy) is 1. The summed E-state index contributed by atoms with van der Waals surface area (Å²) in [5, 5.41) is 2.58. The molecule has 1 amide bonds. The Kier molecular flexibility index (Phi) is 9.27. The third-order valence-corrected chi connectivity index (χ3v) is 9.74. The Balaban J connectivity index is 1.31. The standard InChI is InChI=1S/C33H39ClFN9O2/c1-21(41(5)25-16-40(4)17-25)20-46-33-38-28-19-42(29-15-37-13-23-7-6-8-27(34)30(23)29)10-9-26(28)31(39-33)43-11-12-44(32(45)22(2)35)24(18-43)14-36-3/h6-8,13,15,21,24-25H,2,9-12,14,16-20H2,1,4-5H3/t21-,24+/m1/s1. The molecule has 11 nitrogen and oxygen atoms in total. The molecule has 5 heterocycles. The van der Waals surface area contributed by atoms with Crippen molar-refractivity contribution in [2.75, 3.05) is 76.3 Å². The minimum Gasteiger partial charge on any atom is -0.462 e. The van der Waals surface area contributed by atoms with Crippen LogP contribution in [-0.4, -0.2) is 120 Å². The molecule has 0 N–H and O–H groups in total. The second kappa shape index (κ2) is 13.4. The molecule has 2 atom stereocenters. The van der Waals surface area contributed by atoms with Crippen molar-refractivity contribution in [1.82, 2.24) is 29.7 Å². The van der Waals surface area contributed by atoms with Gasteiger partial charge >= 0.3 is 6.01 Å². The van der Waals surface area contributed by atoms with Gasteiger partial charge in [-0.3, -0.25) is 14.7 Å². The molecule has 3 aromatic rings. The number of carbonyl (C=O) groups is 1. The van der Waals surface area contributed by atoms with Crippen molar-refractivity contribution < 1.29 is 13.9 Å². The highest BCUT2D eigenvalue weighted by atomic mass is 35.5. The van der Waals surface area contributed by atoms with Gasteiger partial charge in [0.1, 0.15) is 18.5 Å². The largest absolute Gasteiger partial charge is 0.462 e. The van der Waals surface area contributed by atoms with Gasteiger partial charge in [-0.1, -0.05) is 30.3 Å². The summed E-state index contributed by atoms with van der Waals surface area (Å²) in [5.74, 6) is -1.05. The predicted octanol–water partition coefficient (Wildman–Crippen LogP) is 3.67. The maximum atomic E-state index is 13.9. The molecule has 0 saturated carbocycles. The Hall–Kier alpha value is -4.05. The topological polar surface area (TPSA) is 85.5 Å². The van der Waals surface area contributed by atoms with Crippen LogP contribution in [0.25, 0.3) is 15.6 Å². The third kappa shape index (κ3) is 6.32. The van der Waals surface area contributed by atoms with Gasteiger partial charge in [0, 0.05) is 73.9 Å². The average Bonchev–Trinajstić information content (AvgIpc) is 3.04. The molecular weight excluding hydrogens is 609 g/mol. The van der Waals surface area contributed by atoms with Gasteiger partial charge in [0.25, 0.3) is 5.91 Å². The van der Waals surface area contributed by atoms with Crippen molar-refractivity contribution >= 4 is 39.8 Å². The zero-order valence-electron chi connectivity index (χ0n) is 26.5. The van der Waals surface area contributed by atoms with Gasteiger partial charge < -0.3 is 29.2 Å². The Morgan fingerprint density at radius 1 is 1.22 bits per heavy atom. The SMILES string of the molecule is [C-]#[N+]C[C@H]1CN(c2nc(OC[C@@H](C)N(C)C3CN(C)C3)nc3c2CCN(c2cncc4cccc(Cl)c24)C3)CCN1C(=O)C(=C)F. The summed E-state index contributed by atoms with van der Waals surface area (Å²) in [7, 11) is 4.24. The predicted molar refractivity (Wildman–Crippen MR) is 177 cm³/mol. The van der Waals surface area contributed by atoms with Crippen LogP contribution < -0.4 is 14.5 Å². The normalized spacial score (nSPS) is 19.5. The molecule has 0 bridgehead atoms. The first-order chi connectivity index (χ1) is 22.1. The minimum absolute atomic E-state index is 0.0506. The summed E-state index contributed by atoms with van der Waals surface area (Å²) >= 11 is 6.68. The number of fused-ring (bicyclic) bond motifs is 2. The molecule has 0 spiro atoms. The summed E-state index contributed by atoms with van der Waals surface area (Å²) in [6, 6.07) is 6.23. The van der Waals surface area contributed by atoms with E-state index in [0.717, 1.165) is 46.6 Å². The molecule has 2 fully saturated rings. The van der Waals surface area contributed by atoms with E-state index in [-0.39, 0.29) is 25.1 Å². The molecule has 0 aliphatic carbocycles. The number of halogens is 2. The van der Waals surface area contributed by atoms with Gasteiger partial charge in [0.2, 0.25) is 6.54 Å². The number of pyridine rings is 1. The van der Waals surface area contributed by atoms with Gasteiger partial charge in [-0.15, -0.1) is 0 Å². The fraction of sp³-hybridized carbons (Fsp3) is 0.485. The van der Waals surface area contributed by atoms with Gasteiger partial charge in [-0.2, -0.15) is 9.97 Å². The Labute approximate surface area is 274 Å². The molecule has 2 aromatic heterocycles. The van der Waals surface area contributed by atoms with E-state index in [1.807, 2.05) is 30.6 Å². The summed E-state index contributed by atoms with van der Waals surface area (Å²) < 4.78 is 20.2. The summed E-state index contributed by atoms with van der Waals surface area (Å²) in [4.78, 5) is 40.8. The fourth-order valence-corrected chi connectivity index (χ4v) is 6.94. The number of likely N-dealkylation sites (tertiary alicyclic amines) is 1. The number of carbonyl (C=O) groups excluding carboxylic acids is 1. The quantitative estimate of drug-likeness (QED) is 0.255. The number of likely N-dealkylation sites (N-methyl/N-ethyl adjacent to an activating group) is 2. The molecule has 0 radical (unpaired) electrons. The van der Waals surface area contributed by atoms with Crippen LogP contribution in [0, 0.1) is 6.57 Å². The smallest absolute Gasteiger partial charge is 0.318 e. The van der Waals surface area contributed by atoms with E-state index in [0.29, 0.717) is 50.3 Å². The molecule has 3 aliphatic heterocycles. The van der Waals surface area contributed by atoms with Gasteiger partial charge in [-0.25, -0.2) is 11.0 Å². The lowest BCUT2D eigenvalue weighted by Gasteiger charge is -2.44. The van der Waals surface area contributed by atoms with Crippen molar-refractivity contribution in [3.63, 3.8) is 0 Å². The number of hydrogen-bond acceptors (Lipinski definition) is 9. The van der Waals surface area contributed by atoms with E-state index in [1.165, 1.54) is 4.90 Å². The number of aromatic nitrogens is 3. The van der Waals surface area contributed by atoms with Crippen LogP contribution in [0.5, 0.6) is 6.01 Å². The van der Waals surface area contributed by atoms with Crippen LogP contribution >= 0.6 is 11.6 Å². The molecular formula is C33H39ClFN9O2. The van der Waals surface area contributed by atoms with Gasteiger partial charge in [0.15, 0.2) is 5.83 Å². The molecule has 2 saturated heterocycles. The Morgan fingerprint density at radius 3 is 2.76 bits per heavy atom. The molecule has 1 aromatic carbocycles. The van der Waals surface area contributed by atoms with E-state index in [1.54, 1.807) is 0 Å². The number of amides is 1. The zero-order valence-corrected chi connectivity index (χ0v) is 27.3. The van der Waals surface area contributed by atoms with Gasteiger partial charge in [0.05, 0.1) is 29.1 Å². The minimum atomic E-state index is -1.02. The second-order valence-corrected chi connectivity index (χ2v) is 12.9. The summed E-state index contributed by atoms with van der Waals surface area (Å²) in [6.45, 7) is 17.5. The molecule has 3 aliphatic rings. The van der Waals surface area contributed by atoms with Crippen LogP contribution in [0.4, 0.5) is 15.9 Å². The van der Waals surface area contributed by atoms with Crippen molar-refractivity contribution in [1.29, 1.82) is 0 Å². The van der Waals surface area contributed by atoms with Crippen LogP contribution in [0.3, 0.4) is 0 Å². The monoisotopic (exact) mass is 647 g/mol. The van der Waals surface area contributed by atoms with Crippen LogP contribution in [0.15, 0.2) is 43.0 Å². The first-order valence-corrected chi connectivity index (χ1v) is 16.0. The van der Waals surface area contributed by atoms with Crippen molar-refractivity contribution in [2.45, 2.75) is 38.0 Å². The highest BCUT2D eigenvalue weighted by Gasteiger charge is 2.37. The Bertz CT molecular complexity index is 1670. The van der Waals surface area contributed by atoms with Crippen LogP contribution in [-0.2, 0) is 17.8 Å². The third-order valence-electron chi connectivity index (χ3n) is 9.42. The maximum Gasteiger partial charge on any atom is 0.318 e. The number of benzene rings is 1. The Morgan fingerprint density at radius 2 is 2.02 bits per heavy atom. The van der Waals surface area contributed by atoms with Gasteiger partial charge in [-0.05, 0) is 33.5 Å². The fourth-order valence-electron chi connectivity index (χ4n) is 6.66. The number of nitrogens with zero attached hydrogens (tertiary/aromatic N) is 9. The summed E-state index contributed by atoms with van der Waals surface area (Å²) in [6.07, 6.45) is 4.32. The van der Waals surface area contributed by atoms with E-state index in [9.17, 15) is 9.18 Å². The van der Waals surface area contributed by atoms with E-state index in [4.69, 9.17) is 32.9 Å². The lowest BCUT2D eigenvalue weighted by molar-refractivity contribution is -0.131. The van der Waals surface area contributed by atoms with E-state index in [2.05, 4.69) is 57.0 Å². The first kappa shape index (κ1) is 31.9. The van der Waals surface area contributed by atoms with Crippen molar-refractivity contribution in [3.8, 4) is 6.01 Å². The first-order valence-electron chi connectivity index (χ1n) is 15.6. The maximum absolute atomic E-state index is 13.9.